The molecule has 1 aromatic carbocycles. The van der Waals surface area contributed by atoms with Crippen LogP contribution in [0, 0.1) is 0 Å². The number of hydrogen-bond donors (Lipinski definition) is 1. The molecule has 7 nitrogen and oxygen atoms in total. The van der Waals surface area contributed by atoms with E-state index < -0.39 is 0 Å². The second kappa shape index (κ2) is 8.10. The lowest BCUT2D eigenvalue weighted by Gasteiger charge is -2.26. The lowest BCUT2D eigenvalue weighted by Crippen LogP contribution is -2.38. The molecule has 4 rings (SSSR count). The maximum absolute atomic E-state index is 12.6. The Hall–Kier alpha value is -2.38. The fraction of sp³-hybridized carbons (Fsp3) is 0.500. The highest BCUT2D eigenvalue weighted by atomic mass is 16.5. The summed E-state index contributed by atoms with van der Waals surface area (Å²) in [5, 5.41) is 7.04. The van der Waals surface area contributed by atoms with Gasteiger partial charge in [0, 0.05) is 30.8 Å². The number of nitrogens with zero attached hydrogens (tertiary/aromatic N) is 2. The van der Waals surface area contributed by atoms with Gasteiger partial charge in [-0.1, -0.05) is 5.16 Å². The Balaban J connectivity index is 1.37. The molecule has 1 fully saturated rings. The van der Waals surface area contributed by atoms with Crippen LogP contribution in [0.15, 0.2) is 22.7 Å². The van der Waals surface area contributed by atoms with Crippen molar-refractivity contribution in [3.63, 3.8) is 0 Å². The minimum atomic E-state index is -0.154. The van der Waals surface area contributed by atoms with E-state index in [0.717, 1.165) is 74.6 Å². The van der Waals surface area contributed by atoms with Gasteiger partial charge in [0.25, 0.3) is 5.91 Å². The van der Waals surface area contributed by atoms with Crippen molar-refractivity contribution >= 4 is 5.91 Å². The molecule has 2 aliphatic rings. The largest absolute Gasteiger partial charge is 0.497 e. The monoisotopic (exact) mass is 371 g/mol. The van der Waals surface area contributed by atoms with Crippen LogP contribution in [0.5, 0.6) is 5.75 Å². The third kappa shape index (κ3) is 3.84. The highest BCUT2D eigenvalue weighted by Crippen LogP contribution is 2.36. The molecule has 0 saturated carbocycles. The predicted molar refractivity (Wildman–Crippen MR) is 100 cm³/mol. The second-order valence-corrected chi connectivity index (χ2v) is 6.93. The number of morpholine rings is 1. The molecule has 0 atom stereocenters. The molecule has 0 spiro atoms. The minimum absolute atomic E-state index is 0.154. The van der Waals surface area contributed by atoms with Gasteiger partial charge in [-0.2, -0.15) is 0 Å². The Morgan fingerprint density at radius 2 is 2.15 bits per heavy atom. The molecule has 1 aromatic heterocycles. The normalized spacial score (nSPS) is 16.5. The SMILES string of the molecule is COc1ccc2c(c1)CCc1c(C(=O)NCCCN3CCOCC3)noc1-2. The van der Waals surface area contributed by atoms with Crippen LogP contribution in [0.4, 0.5) is 0 Å². The molecule has 27 heavy (non-hydrogen) atoms. The van der Waals surface area contributed by atoms with E-state index in [1.807, 2.05) is 18.2 Å². The lowest BCUT2D eigenvalue weighted by molar-refractivity contribution is 0.0374. The van der Waals surface area contributed by atoms with E-state index in [2.05, 4.69) is 15.4 Å². The summed E-state index contributed by atoms with van der Waals surface area (Å²) in [6, 6.07) is 5.90. The van der Waals surface area contributed by atoms with Crippen LogP contribution in [0.2, 0.25) is 0 Å². The predicted octanol–water partition coefficient (Wildman–Crippen LogP) is 1.90. The number of amides is 1. The van der Waals surface area contributed by atoms with Crippen LogP contribution in [-0.4, -0.2) is 62.5 Å². The van der Waals surface area contributed by atoms with Gasteiger partial charge in [0.05, 0.1) is 20.3 Å². The number of carbonyl (C=O) groups is 1. The van der Waals surface area contributed by atoms with Gasteiger partial charge in [-0.05, 0) is 49.6 Å². The Morgan fingerprint density at radius 3 is 2.96 bits per heavy atom. The first-order valence-electron chi connectivity index (χ1n) is 9.50. The molecule has 1 aliphatic heterocycles. The van der Waals surface area contributed by atoms with E-state index in [4.69, 9.17) is 14.0 Å². The number of fused-ring (bicyclic) bond motifs is 3. The number of hydrogen-bond acceptors (Lipinski definition) is 6. The Bertz CT molecular complexity index is 812. The smallest absolute Gasteiger partial charge is 0.273 e. The van der Waals surface area contributed by atoms with E-state index in [1.54, 1.807) is 7.11 Å². The topological polar surface area (TPSA) is 76.8 Å². The fourth-order valence-corrected chi connectivity index (χ4v) is 3.73. The molecule has 1 N–H and O–H groups in total. The molecule has 1 amide bonds. The van der Waals surface area contributed by atoms with Crippen molar-refractivity contribution in [1.82, 2.24) is 15.4 Å². The maximum Gasteiger partial charge on any atom is 0.273 e. The zero-order chi connectivity index (χ0) is 18.6. The van der Waals surface area contributed by atoms with Gasteiger partial charge in [-0.15, -0.1) is 0 Å². The van der Waals surface area contributed by atoms with E-state index in [-0.39, 0.29) is 5.91 Å². The first-order chi connectivity index (χ1) is 13.3. The molecule has 2 aromatic rings. The van der Waals surface area contributed by atoms with Gasteiger partial charge in [0.2, 0.25) is 0 Å². The van der Waals surface area contributed by atoms with Crippen molar-refractivity contribution < 1.29 is 18.8 Å². The summed E-state index contributed by atoms with van der Waals surface area (Å²) in [7, 11) is 1.66. The third-order valence-corrected chi connectivity index (χ3v) is 5.24. The minimum Gasteiger partial charge on any atom is -0.497 e. The van der Waals surface area contributed by atoms with E-state index in [1.165, 1.54) is 0 Å². The number of carbonyl (C=O) groups excluding carboxylic acids is 1. The number of nitrogens with one attached hydrogen (secondary N) is 1. The molecule has 0 unspecified atom stereocenters. The average Bonchev–Trinajstić information content (AvgIpc) is 3.16. The Labute approximate surface area is 158 Å². The number of ether oxygens (including phenoxy) is 2. The first kappa shape index (κ1) is 18.0. The highest BCUT2D eigenvalue weighted by Gasteiger charge is 2.27. The Morgan fingerprint density at radius 1 is 1.30 bits per heavy atom. The highest BCUT2D eigenvalue weighted by molar-refractivity contribution is 5.95. The molecule has 1 saturated heterocycles. The molecule has 1 aliphatic carbocycles. The van der Waals surface area contributed by atoms with Gasteiger partial charge in [-0.3, -0.25) is 9.69 Å². The molecule has 0 radical (unpaired) electrons. The zero-order valence-corrected chi connectivity index (χ0v) is 15.6. The van der Waals surface area contributed by atoms with Crippen LogP contribution >= 0.6 is 0 Å². The van der Waals surface area contributed by atoms with Crippen molar-refractivity contribution in [3.05, 3.63) is 35.0 Å². The molecule has 144 valence electrons. The summed E-state index contributed by atoms with van der Waals surface area (Å²) in [4.78, 5) is 14.9. The molecule has 7 heteroatoms. The van der Waals surface area contributed by atoms with Crippen molar-refractivity contribution in [1.29, 1.82) is 0 Å². The summed E-state index contributed by atoms with van der Waals surface area (Å²) in [5.74, 6) is 1.38. The lowest BCUT2D eigenvalue weighted by atomic mass is 9.89. The second-order valence-electron chi connectivity index (χ2n) is 6.93. The van der Waals surface area contributed by atoms with Crippen molar-refractivity contribution in [2.45, 2.75) is 19.3 Å². The van der Waals surface area contributed by atoms with Crippen LogP contribution < -0.4 is 10.1 Å². The van der Waals surface area contributed by atoms with Crippen molar-refractivity contribution in [2.24, 2.45) is 0 Å². The third-order valence-electron chi connectivity index (χ3n) is 5.24. The van der Waals surface area contributed by atoms with E-state index in [0.29, 0.717) is 18.0 Å². The van der Waals surface area contributed by atoms with Crippen LogP contribution in [0.25, 0.3) is 11.3 Å². The zero-order valence-electron chi connectivity index (χ0n) is 15.6. The number of aromatic nitrogens is 1. The quantitative estimate of drug-likeness (QED) is 0.782. The first-order valence-corrected chi connectivity index (χ1v) is 9.50. The fourth-order valence-electron chi connectivity index (χ4n) is 3.73. The molecule has 2 heterocycles. The van der Waals surface area contributed by atoms with Gasteiger partial charge in [0.1, 0.15) is 5.75 Å². The van der Waals surface area contributed by atoms with Crippen LogP contribution in [0.1, 0.15) is 28.0 Å². The van der Waals surface area contributed by atoms with Crippen molar-refractivity contribution in [3.8, 4) is 17.1 Å². The maximum atomic E-state index is 12.6. The molecular formula is C20H25N3O4. The van der Waals surface area contributed by atoms with E-state index >= 15 is 0 Å². The average molecular weight is 371 g/mol. The summed E-state index contributed by atoms with van der Waals surface area (Å²) in [5.41, 5.74) is 3.47. The van der Waals surface area contributed by atoms with Gasteiger partial charge in [-0.25, -0.2) is 0 Å². The van der Waals surface area contributed by atoms with Crippen molar-refractivity contribution in [2.75, 3.05) is 46.5 Å². The Kier molecular flexibility index (Phi) is 5.40. The number of methoxy groups -OCH3 is 1. The van der Waals surface area contributed by atoms with Crippen LogP contribution in [0.3, 0.4) is 0 Å². The van der Waals surface area contributed by atoms with Gasteiger partial charge < -0.3 is 19.3 Å². The van der Waals surface area contributed by atoms with Crippen LogP contribution in [-0.2, 0) is 17.6 Å². The van der Waals surface area contributed by atoms with Gasteiger partial charge in [0.15, 0.2) is 11.5 Å². The summed E-state index contributed by atoms with van der Waals surface area (Å²) in [6.07, 6.45) is 2.50. The number of benzene rings is 1. The number of rotatable bonds is 6. The molecule has 0 bridgehead atoms. The molecular weight excluding hydrogens is 346 g/mol. The summed E-state index contributed by atoms with van der Waals surface area (Å²) >= 11 is 0. The number of aryl methyl sites for hydroxylation is 1. The van der Waals surface area contributed by atoms with Gasteiger partial charge >= 0.3 is 0 Å². The standard InChI is InChI=1S/C20H25N3O4/c1-25-15-4-6-16-14(13-15)3-5-17-18(22-27-19(16)17)20(24)21-7-2-8-23-9-11-26-12-10-23/h4,6,13H,2-3,5,7-12H2,1H3,(H,21,24). The van der Waals surface area contributed by atoms with E-state index in [9.17, 15) is 4.79 Å². The summed E-state index contributed by atoms with van der Waals surface area (Å²) in [6.45, 7) is 5.13. The summed E-state index contributed by atoms with van der Waals surface area (Å²) < 4.78 is 16.2.